The zero-order valence-corrected chi connectivity index (χ0v) is 11.2. The summed E-state index contributed by atoms with van der Waals surface area (Å²) in [6.45, 7) is 2.20. The summed E-state index contributed by atoms with van der Waals surface area (Å²) in [5, 5.41) is 3.45. The Labute approximate surface area is 108 Å². The molecule has 0 spiro atoms. The lowest BCUT2D eigenvalue weighted by Gasteiger charge is -2.04. The lowest BCUT2D eigenvalue weighted by atomic mass is 10.2. The highest BCUT2D eigenvalue weighted by atomic mass is 35.5. The van der Waals surface area contributed by atoms with E-state index in [1.54, 1.807) is 0 Å². The summed E-state index contributed by atoms with van der Waals surface area (Å²) in [5.41, 5.74) is 0. The van der Waals surface area contributed by atoms with Crippen molar-refractivity contribution in [3.8, 4) is 0 Å². The van der Waals surface area contributed by atoms with Crippen LogP contribution in [0.15, 0.2) is 35.2 Å². The molecule has 0 aliphatic heterocycles. The van der Waals surface area contributed by atoms with Crippen molar-refractivity contribution in [3.05, 3.63) is 30.3 Å². The van der Waals surface area contributed by atoms with Crippen molar-refractivity contribution < 1.29 is 0 Å². The maximum Gasteiger partial charge on any atom is 0.0223 e. The standard InChI is InChI=1S/C13H20ClNS/c14-9-5-2-6-10-15-11-12-16-13-7-3-1-4-8-13/h1,3-4,7-8,15H,2,5-6,9-12H2. The molecule has 0 saturated heterocycles. The minimum atomic E-state index is 0.795. The van der Waals surface area contributed by atoms with Crippen LogP contribution in [0.2, 0.25) is 0 Å². The van der Waals surface area contributed by atoms with Gasteiger partial charge in [0.1, 0.15) is 0 Å². The molecule has 0 heterocycles. The molecular formula is C13H20ClNS. The van der Waals surface area contributed by atoms with Crippen LogP contribution in [-0.2, 0) is 0 Å². The molecule has 1 rings (SSSR count). The molecule has 0 aliphatic rings. The van der Waals surface area contributed by atoms with Gasteiger partial charge in [-0.15, -0.1) is 23.4 Å². The van der Waals surface area contributed by atoms with E-state index in [-0.39, 0.29) is 0 Å². The molecule has 0 saturated carbocycles. The highest BCUT2D eigenvalue weighted by Gasteiger charge is 1.92. The Hall–Kier alpha value is -0.180. The van der Waals surface area contributed by atoms with Gasteiger partial charge in [-0.2, -0.15) is 0 Å². The largest absolute Gasteiger partial charge is 0.316 e. The first-order valence-electron chi connectivity index (χ1n) is 5.88. The minimum Gasteiger partial charge on any atom is -0.316 e. The van der Waals surface area contributed by atoms with Gasteiger partial charge in [0.15, 0.2) is 0 Å². The zero-order chi connectivity index (χ0) is 11.5. The van der Waals surface area contributed by atoms with Crippen LogP contribution in [0.3, 0.4) is 0 Å². The average molecular weight is 258 g/mol. The SMILES string of the molecule is ClCCCCCNCCSc1ccccc1. The predicted octanol–water partition coefficient (Wildman–Crippen LogP) is 3.78. The smallest absolute Gasteiger partial charge is 0.0223 e. The number of thioether (sulfide) groups is 1. The van der Waals surface area contributed by atoms with Crippen LogP contribution in [0.4, 0.5) is 0 Å². The van der Waals surface area contributed by atoms with Crippen molar-refractivity contribution in [1.82, 2.24) is 5.32 Å². The normalized spacial score (nSPS) is 10.6. The maximum absolute atomic E-state index is 5.61. The molecule has 0 fully saturated rings. The van der Waals surface area contributed by atoms with Crippen LogP contribution in [0.25, 0.3) is 0 Å². The Kier molecular flexibility index (Phi) is 8.68. The molecule has 1 aromatic carbocycles. The summed E-state index contributed by atoms with van der Waals surface area (Å²) >= 11 is 7.51. The fourth-order valence-corrected chi connectivity index (χ4v) is 2.42. The predicted molar refractivity (Wildman–Crippen MR) is 74.6 cm³/mol. The lowest BCUT2D eigenvalue weighted by Crippen LogP contribution is -2.18. The monoisotopic (exact) mass is 257 g/mol. The number of hydrogen-bond donors (Lipinski definition) is 1. The molecule has 0 aromatic heterocycles. The van der Waals surface area contributed by atoms with E-state index in [1.165, 1.54) is 17.7 Å². The van der Waals surface area contributed by atoms with Gasteiger partial charge in [-0.3, -0.25) is 0 Å². The van der Waals surface area contributed by atoms with Crippen molar-refractivity contribution in [2.75, 3.05) is 24.7 Å². The van der Waals surface area contributed by atoms with Crippen molar-refractivity contribution in [2.24, 2.45) is 0 Å². The summed E-state index contributed by atoms with van der Waals surface area (Å²) in [6.07, 6.45) is 3.62. The lowest BCUT2D eigenvalue weighted by molar-refractivity contribution is 0.637. The quantitative estimate of drug-likeness (QED) is 0.411. The number of rotatable bonds is 9. The van der Waals surface area contributed by atoms with E-state index in [0.717, 1.165) is 31.1 Å². The molecule has 0 unspecified atom stereocenters. The molecular weight excluding hydrogens is 238 g/mol. The van der Waals surface area contributed by atoms with Crippen LogP contribution in [-0.4, -0.2) is 24.7 Å². The first kappa shape index (κ1) is 13.9. The molecule has 90 valence electrons. The third kappa shape index (κ3) is 7.15. The Morgan fingerprint density at radius 2 is 1.81 bits per heavy atom. The fraction of sp³-hybridized carbons (Fsp3) is 0.538. The van der Waals surface area contributed by atoms with Crippen LogP contribution < -0.4 is 5.32 Å². The fourth-order valence-electron chi connectivity index (χ4n) is 1.40. The van der Waals surface area contributed by atoms with Crippen molar-refractivity contribution in [1.29, 1.82) is 0 Å². The van der Waals surface area contributed by atoms with E-state index in [0.29, 0.717) is 0 Å². The average Bonchev–Trinajstić information content (AvgIpc) is 2.34. The van der Waals surface area contributed by atoms with E-state index in [9.17, 15) is 0 Å². The van der Waals surface area contributed by atoms with Crippen molar-refractivity contribution in [3.63, 3.8) is 0 Å². The third-order valence-corrected chi connectivity index (χ3v) is 3.56. The van der Waals surface area contributed by atoms with Crippen LogP contribution in [0.5, 0.6) is 0 Å². The van der Waals surface area contributed by atoms with Crippen molar-refractivity contribution in [2.45, 2.75) is 24.2 Å². The van der Waals surface area contributed by atoms with E-state index < -0.39 is 0 Å². The van der Waals surface area contributed by atoms with Crippen LogP contribution in [0, 0.1) is 0 Å². The van der Waals surface area contributed by atoms with Gasteiger partial charge in [-0.1, -0.05) is 24.6 Å². The maximum atomic E-state index is 5.61. The highest BCUT2D eigenvalue weighted by Crippen LogP contribution is 2.15. The summed E-state index contributed by atoms with van der Waals surface area (Å²) in [4.78, 5) is 1.35. The molecule has 1 N–H and O–H groups in total. The number of benzene rings is 1. The number of halogens is 1. The molecule has 0 atom stereocenters. The van der Waals surface area contributed by atoms with Gasteiger partial charge in [-0.05, 0) is 31.5 Å². The van der Waals surface area contributed by atoms with Gasteiger partial charge >= 0.3 is 0 Å². The van der Waals surface area contributed by atoms with Gasteiger partial charge < -0.3 is 5.32 Å². The molecule has 16 heavy (non-hydrogen) atoms. The van der Waals surface area contributed by atoms with Crippen LogP contribution in [0.1, 0.15) is 19.3 Å². The number of hydrogen-bond acceptors (Lipinski definition) is 2. The first-order valence-corrected chi connectivity index (χ1v) is 7.40. The van der Waals surface area contributed by atoms with E-state index >= 15 is 0 Å². The topological polar surface area (TPSA) is 12.0 Å². The highest BCUT2D eigenvalue weighted by molar-refractivity contribution is 7.99. The van der Waals surface area contributed by atoms with Gasteiger partial charge in [-0.25, -0.2) is 0 Å². The molecule has 1 aromatic rings. The van der Waals surface area contributed by atoms with Gasteiger partial charge in [0.05, 0.1) is 0 Å². The number of nitrogens with one attached hydrogen (secondary N) is 1. The summed E-state index contributed by atoms with van der Waals surface area (Å²) in [6, 6.07) is 10.5. The summed E-state index contributed by atoms with van der Waals surface area (Å²) in [5.74, 6) is 1.93. The number of unbranched alkanes of at least 4 members (excludes halogenated alkanes) is 2. The third-order valence-electron chi connectivity index (χ3n) is 2.28. The molecule has 0 amide bonds. The molecule has 0 bridgehead atoms. The van der Waals surface area contributed by atoms with E-state index in [4.69, 9.17) is 11.6 Å². The van der Waals surface area contributed by atoms with Gasteiger partial charge in [0, 0.05) is 23.1 Å². The molecule has 0 radical (unpaired) electrons. The Morgan fingerprint density at radius 1 is 1.00 bits per heavy atom. The Balaban J connectivity index is 1.89. The van der Waals surface area contributed by atoms with Gasteiger partial charge in [0.25, 0.3) is 0 Å². The molecule has 3 heteroatoms. The Bertz CT molecular complexity index is 253. The van der Waals surface area contributed by atoms with E-state index in [2.05, 4.69) is 35.6 Å². The number of alkyl halides is 1. The van der Waals surface area contributed by atoms with E-state index in [1.807, 2.05) is 11.8 Å². The summed E-state index contributed by atoms with van der Waals surface area (Å²) < 4.78 is 0. The molecule has 0 aliphatic carbocycles. The minimum absolute atomic E-state index is 0.795. The van der Waals surface area contributed by atoms with Gasteiger partial charge in [0.2, 0.25) is 0 Å². The Morgan fingerprint density at radius 3 is 2.56 bits per heavy atom. The summed E-state index contributed by atoms with van der Waals surface area (Å²) in [7, 11) is 0. The first-order chi connectivity index (χ1) is 7.93. The zero-order valence-electron chi connectivity index (χ0n) is 9.62. The van der Waals surface area contributed by atoms with Crippen LogP contribution >= 0.6 is 23.4 Å². The second-order valence-electron chi connectivity index (χ2n) is 3.66. The second-order valence-corrected chi connectivity index (χ2v) is 5.21. The molecule has 1 nitrogen and oxygen atoms in total. The van der Waals surface area contributed by atoms with Crippen molar-refractivity contribution >= 4 is 23.4 Å². The second kappa shape index (κ2) is 10.0.